The topological polar surface area (TPSA) is 83.0 Å². The molecule has 1 saturated heterocycles. The Balaban J connectivity index is 1.70. The van der Waals surface area contributed by atoms with Gasteiger partial charge in [0.2, 0.25) is 5.95 Å². The van der Waals surface area contributed by atoms with Gasteiger partial charge in [-0.2, -0.15) is 0 Å². The first-order valence-corrected chi connectivity index (χ1v) is 8.29. The summed E-state index contributed by atoms with van der Waals surface area (Å²) in [6.07, 6.45) is 5.72. The number of methoxy groups -OCH3 is 1. The summed E-state index contributed by atoms with van der Waals surface area (Å²) >= 11 is 0. The lowest BCUT2D eigenvalue weighted by Crippen LogP contribution is -2.53. The molecule has 8 heteroatoms. The molecule has 24 heavy (non-hydrogen) atoms. The molecular formula is C16H26N6O2. The van der Waals surface area contributed by atoms with E-state index < -0.39 is 0 Å². The Morgan fingerprint density at radius 3 is 2.58 bits per heavy atom. The van der Waals surface area contributed by atoms with Crippen molar-refractivity contribution in [3.05, 3.63) is 18.5 Å². The van der Waals surface area contributed by atoms with E-state index in [1.807, 2.05) is 6.07 Å². The van der Waals surface area contributed by atoms with Crippen LogP contribution in [0.25, 0.3) is 0 Å². The molecule has 1 aromatic rings. The molecule has 1 aliphatic rings. The summed E-state index contributed by atoms with van der Waals surface area (Å²) in [6.45, 7) is 4.28. The molecule has 1 aliphatic heterocycles. The van der Waals surface area contributed by atoms with E-state index in [0.29, 0.717) is 6.42 Å². The van der Waals surface area contributed by atoms with Crippen molar-refractivity contribution in [2.75, 3.05) is 51.8 Å². The third kappa shape index (κ3) is 5.36. The number of carbonyl (C=O) groups is 1. The first-order chi connectivity index (χ1) is 11.7. The Morgan fingerprint density at radius 1 is 1.25 bits per heavy atom. The number of nitrogens with one attached hydrogen (secondary N) is 1. The van der Waals surface area contributed by atoms with Crippen molar-refractivity contribution in [3.8, 4) is 0 Å². The quantitative estimate of drug-likeness (QED) is 0.351. The van der Waals surface area contributed by atoms with E-state index in [1.165, 1.54) is 7.11 Å². The summed E-state index contributed by atoms with van der Waals surface area (Å²) < 4.78 is 4.63. The number of piperazine rings is 1. The molecule has 2 rings (SSSR count). The van der Waals surface area contributed by atoms with Crippen LogP contribution in [0.2, 0.25) is 0 Å². The van der Waals surface area contributed by atoms with Crippen LogP contribution in [0.4, 0.5) is 5.95 Å². The van der Waals surface area contributed by atoms with Gasteiger partial charge >= 0.3 is 5.97 Å². The standard InChI is InChI=1S/C16H26N6O2/c1-17-15(18-7-4-3-6-14(23)24-2)21-10-12-22(13-11-21)16-19-8-5-9-20-16/h5,8-9H,3-4,6-7,10-13H2,1-2H3,(H,17,18). The van der Waals surface area contributed by atoms with Crippen LogP contribution >= 0.6 is 0 Å². The third-order valence-corrected chi connectivity index (χ3v) is 3.94. The van der Waals surface area contributed by atoms with Crippen molar-refractivity contribution in [2.45, 2.75) is 19.3 Å². The average Bonchev–Trinajstić information content (AvgIpc) is 2.65. The minimum absolute atomic E-state index is 0.154. The van der Waals surface area contributed by atoms with Crippen molar-refractivity contribution >= 4 is 17.9 Å². The number of aliphatic imine (C=N–C) groups is 1. The second-order valence-corrected chi connectivity index (χ2v) is 5.53. The van der Waals surface area contributed by atoms with Crippen molar-refractivity contribution < 1.29 is 9.53 Å². The summed E-state index contributed by atoms with van der Waals surface area (Å²) in [7, 11) is 3.21. The molecular weight excluding hydrogens is 308 g/mol. The Morgan fingerprint density at radius 2 is 1.96 bits per heavy atom. The van der Waals surface area contributed by atoms with Gasteiger partial charge in [0.1, 0.15) is 0 Å². The lowest BCUT2D eigenvalue weighted by molar-refractivity contribution is -0.140. The van der Waals surface area contributed by atoms with Crippen LogP contribution in [0, 0.1) is 0 Å². The normalized spacial score (nSPS) is 15.3. The fourth-order valence-corrected chi connectivity index (χ4v) is 2.60. The Labute approximate surface area is 142 Å². The number of ether oxygens (including phenoxy) is 1. The first kappa shape index (κ1) is 18.0. The third-order valence-electron chi connectivity index (χ3n) is 3.94. The smallest absolute Gasteiger partial charge is 0.305 e. The highest BCUT2D eigenvalue weighted by Gasteiger charge is 2.20. The average molecular weight is 334 g/mol. The summed E-state index contributed by atoms with van der Waals surface area (Å²) in [4.78, 5) is 28.4. The fraction of sp³-hybridized carbons (Fsp3) is 0.625. The summed E-state index contributed by atoms with van der Waals surface area (Å²) in [6, 6.07) is 1.83. The van der Waals surface area contributed by atoms with E-state index in [-0.39, 0.29) is 5.97 Å². The van der Waals surface area contributed by atoms with Crippen molar-refractivity contribution in [2.24, 2.45) is 4.99 Å². The molecule has 1 N–H and O–H groups in total. The van der Waals surface area contributed by atoms with Gasteiger partial charge in [-0.05, 0) is 18.9 Å². The molecule has 0 saturated carbocycles. The zero-order chi connectivity index (χ0) is 17.2. The highest BCUT2D eigenvalue weighted by molar-refractivity contribution is 5.80. The van der Waals surface area contributed by atoms with E-state index in [1.54, 1.807) is 19.4 Å². The van der Waals surface area contributed by atoms with Crippen LogP contribution < -0.4 is 10.2 Å². The maximum atomic E-state index is 11.1. The van der Waals surface area contributed by atoms with Crippen LogP contribution in [0.15, 0.2) is 23.5 Å². The molecule has 0 unspecified atom stereocenters. The van der Waals surface area contributed by atoms with E-state index >= 15 is 0 Å². The summed E-state index contributed by atoms with van der Waals surface area (Å²) in [5.41, 5.74) is 0. The number of nitrogens with zero attached hydrogens (tertiary/aromatic N) is 5. The Kier molecular flexibility index (Phi) is 7.25. The predicted molar refractivity (Wildman–Crippen MR) is 93.0 cm³/mol. The van der Waals surface area contributed by atoms with E-state index in [9.17, 15) is 4.79 Å². The predicted octanol–water partition coefficient (Wildman–Crippen LogP) is 0.517. The monoisotopic (exact) mass is 334 g/mol. The molecule has 132 valence electrons. The molecule has 1 aromatic heterocycles. The highest BCUT2D eigenvalue weighted by Crippen LogP contribution is 2.09. The molecule has 0 bridgehead atoms. The second kappa shape index (κ2) is 9.69. The number of esters is 1. The first-order valence-electron chi connectivity index (χ1n) is 8.29. The van der Waals surface area contributed by atoms with E-state index in [0.717, 1.165) is 57.5 Å². The molecule has 2 heterocycles. The zero-order valence-corrected chi connectivity index (χ0v) is 14.4. The SMILES string of the molecule is CN=C(NCCCCC(=O)OC)N1CCN(c2ncccn2)CC1. The van der Waals surface area contributed by atoms with Crippen molar-refractivity contribution in [3.63, 3.8) is 0 Å². The number of hydrogen-bond donors (Lipinski definition) is 1. The highest BCUT2D eigenvalue weighted by atomic mass is 16.5. The van der Waals surface area contributed by atoms with E-state index in [2.05, 4.69) is 34.8 Å². The van der Waals surface area contributed by atoms with Crippen LogP contribution in [0.3, 0.4) is 0 Å². The minimum atomic E-state index is -0.154. The van der Waals surface area contributed by atoms with Gasteiger partial charge in [-0.15, -0.1) is 0 Å². The Bertz CT molecular complexity index is 529. The fourth-order valence-electron chi connectivity index (χ4n) is 2.60. The molecule has 0 spiro atoms. The Hall–Kier alpha value is -2.38. The number of aromatic nitrogens is 2. The van der Waals surface area contributed by atoms with Gasteiger partial charge in [-0.1, -0.05) is 0 Å². The van der Waals surface area contributed by atoms with Gasteiger partial charge < -0.3 is 19.9 Å². The molecule has 1 fully saturated rings. The largest absolute Gasteiger partial charge is 0.469 e. The van der Waals surface area contributed by atoms with Crippen LogP contribution in [-0.2, 0) is 9.53 Å². The molecule has 0 aliphatic carbocycles. The number of carbonyl (C=O) groups excluding carboxylic acids is 1. The lowest BCUT2D eigenvalue weighted by Gasteiger charge is -2.36. The minimum Gasteiger partial charge on any atom is -0.469 e. The maximum Gasteiger partial charge on any atom is 0.305 e. The summed E-state index contributed by atoms with van der Waals surface area (Å²) in [5, 5.41) is 3.36. The number of anilines is 1. The van der Waals surface area contributed by atoms with Gasteiger partial charge in [-0.25, -0.2) is 9.97 Å². The van der Waals surface area contributed by atoms with Crippen LogP contribution in [-0.4, -0.2) is 73.7 Å². The molecule has 0 amide bonds. The van der Waals surface area contributed by atoms with Gasteiger partial charge in [0.15, 0.2) is 5.96 Å². The number of unbranched alkanes of at least 4 members (excludes halogenated alkanes) is 1. The second-order valence-electron chi connectivity index (χ2n) is 5.53. The van der Waals surface area contributed by atoms with Crippen LogP contribution in [0.5, 0.6) is 0 Å². The number of hydrogen-bond acceptors (Lipinski definition) is 6. The van der Waals surface area contributed by atoms with Crippen molar-refractivity contribution in [1.29, 1.82) is 0 Å². The number of guanidine groups is 1. The molecule has 8 nitrogen and oxygen atoms in total. The maximum absolute atomic E-state index is 11.1. The molecule has 0 radical (unpaired) electrons. The van der Waals surface area contributed by atoms with Crippen LogP contribution in [0.1, 0.15) is 19.3 Å². The van der Waals surface area contributed by atoms with Gasteiger partial charge in [0.05, 0.1) is 7.11 Å². The lowest BCUT2D eigenvalue weighted by atomic mass is 10.2. The van der Waals surface area contributed by atoms with Gasteiger partial charge in [0, 0.05) is 58.6 Å². The zero-order valence-electron chi connectivity index (χ0n) is 14.4. The summed E-state index contributed by atoms with van der Waals surface area (Å²) in [5.74, 6) is 1.53. The van der Waals surface area contributed by atoms with Gasteiger partial charge in [-0.3, -0.25) is 9.79 Å². The molecule has 0 atom stereocenters. The molecule has 0 aromatic carbocycles. The number of rotatable bonds is 6. The van der Waals surface area contributed by atoms with E-state index in [4.69, 9.17) is 0 Å². The van der Waals surface area contributed by atoms with Crippen molar-refractivity contribution in [1.82, 2.24) is 20.2 Å². The van der Waals surface area contributed by atoms with Gasteiger partial charge in [0.25, 0.3) is 0 Å².